The minimum absolute atomic E-state index is 0.156. The number of aromatic nitrogens is 2. The van der Waals surface area contributed by atoms with Gasteiger partial charge >= 0.3 is 6.18 Å². The lowest BCUT2D eigenvalue weighted by atomic mass is 10.2. The zero-order valence-electron chi connectivity index (χ0n) is 11.3. The summed E-state index contributed by atoms with van der Waals surface area (Å²) in [5.41, 5.74) is 5.91. The number of aryl methyl sites for hydroxylation is 1. The van der Waals surface area contributed by atoms with Gasteiger partial charge in [0, 0.05) is 22.3 Å². The third-order valence-corrected chi connectivity index (χ3v) is 3.57. The number of nitrogen functional groups attached to an aromatic ring is 1. The van der Waals surface area contributed by atoms with E-state index < -0.39 is 11.7 Å². The summed E-state index contributed by atoms with van der Waals surface area (Å²) >= 11 is 1.04. The fourth-order valence-corrected chi connectivity index (χ4v) is 2.25. The number of halogens is 3. The SMILES string of the molecule is CSc1ccc(Nc2ncc(C)c(N)n2)cc1C(F)(F)F. The second kappa shape index (κ2) is 5.80. The molecule has 0 radical (unpaired) electrons. The van der Waals surface area contributed by atoms with Gasteiger partial charge in [-0.15, -0.1) is 11.8 Å². The van der Waals surface area contributed by atoms with Gasteiger partial charge < -0.3 is 11.1 Å². The highest BCUT2D eigenvalue weighted by molar-refractivity contribution is 7.98. The summed E-state index contributed by atoms with van der Waals surface area (Å²) in [5.74, 6) is 0.437. The molecule has 0 aliphatic rings. The second-order valence-corrected chi connectivity index (χ2v) is 5.15. The predicted octanol–water partition coefficient (Wildman–Crippen LogP) is 3.85. The molecule has 0 spiro atoms. The number of alkyl halides is 3. The Morgan fingerprint density at radius 3 is 2.57 bits per heavy atom. The number of nitrogens with one attached hydrogen (secondary N) is 1. The largest absolute Gasteiger partial charge is 0.417 e. The van der Waals surface area contributed by atoms with Crippen molar-refractivity contribution in [2.45, 2.75) is 18.0 Å². The highest BCUT2D eigenvalue weighted by atomic mass is 32.2. The molecule has 8 heteroatoms. The molecule has 0 unspecified atom stereocenters. The number of nitrogens with two attached hydrogens (primary N) is 1. The van der Waals surface area contributed by atoms with Crippen LogP contribution < -0.4 is 11.1 Å². The van der Waals surface area contributed by atoms with E-state index in [4.69, 9.17) is 5.73 Å². The van der Waals surface area contributed by atoms with Crippen LogP contribution in [0.3, 0.4) is 0 Å². The van der Waals surface area contributed by atoms with E-state index in [1.807, 2.05) is 0 Å². The van der Waals surface area contributed by atoms with Crippen molar-refractivity contribution < 1.29 is 13.2 Å². The van der Waals surface area contributed by atoms with Crippen LogP contribution in [0.2, 0.25) is 0 Å². The first-order valence-electron chi connectivity index (χ1n) is 5.92. The van der Waals surface area contributed by atoms with E-state index in [9.17, 15) is 13.2 Å². The lowest BCUT2D eigenvalue weighted by Gasteiger charge is -2.13. The molecule has 3 N–H and O–H groups in total. The molecule has 21 heavy (non-hydrogen) atoms. The highest BCUT2D eigenvalue weighted by Crippen LogP contribution is 2.37. The van der Waals surface area contributed by atoms with E-state index in [0.29, 0.717) is 5.56 Å². The average molecular weight is 314 g/mol. The van der Waals surface area contributed by atoms with Crippen molar-refractivity contribution in [1.82, 2.24) is 9.97 Å². The summed E-state index contributed by atoms with van der Waals surface area (Å²) in [6.07, 6.45) is -1.31. The van der Waals surface area contributed by atoms with Crippen LogP contribution in [0.25, 0.3) is 0 Å². The molecule has 0 saturated carbocycles. The van der Waals surface area contributed by atoms with Crippen molar-refractivity contribution in [3.8, 4) is 0 Å². The number of rotatable bonds is 3. The van der Waals surface area contributed by atoms with Gasteiger partial charge in [0.05, 0.1) is 5.56 Å². The minimum Gasteiger partial charge on any atom is -0.383 e. The van der Waals surface area contributed by atoms with Crippen molar-refractivity contribution in [2.75, 3.05) is 17.3 Å². The van der Waals surface area contributed by atoms with Gasteiger partial charge in [-0.25, -0.2) is 4.98 Å². The quantitative estimate of drug-likeness (QED) is 0.843. The number of hydrogen-bond acceptors (Lipinski definition) is 5. The van der Waals surface area contributed by atoms with Crippen molar-refractivity contribution in [3.05, 3.63) is 35.5 Å². The summed E-state index contributed by atoms with van der Waals surface area (Å²) in [7, 11) is 0. The van der Waals surface area contributed by atoms with Gasteiger partial charge in [0.25, 0.3) is 0 Å². The summed E-state index contributed by atoms with van der Waals surface area (Å²) < 4.78 is 38.9. The number of anilines is 3. The Balaban J connectivity index is 2.34. The second-order valence-electron chi connectivity index (χ2n) is 4.30. The molecule has 4 nitrogen and oxygen atoms in total. The predicted molar refractivity (Wildman–Crippen MR) is 77.7 cm³/mol. The van der Waals surface area contributed by atoms with Crippen LogP contribution in [0, 0.1) is 6.92 Å². The zero-order chi connectivity index (χ0) is 15.6. The van der Waals surface area contributed by atoms with Gasteiger partial charge in [-0.2, -0.15) is 18.2 Å². The standard InChI is InChI=1S/C13H13F3N4S/c1-7-6-18-12(20-11(7)17)19-8-3-4-10(21-2)9(5-8)13(14,15)16/h3-6H,1-2H3,(H3,17,18,19,20). The Morgan fingerprint density at radius 2 is 2.00 bits per heavy atom. The molecular weight excluding hydrogens is 301 g/mol. The first kappa shape index (κ1) is 15.4. The molecule has 0 aliphatic carbocycles. The molecule has 1 heterocycles. The zero-order valence-corrected chi connectivity index (χ0v) is 12.1. The summed E-state index contributed by atoms with van der Waals surface area (Å²) in [4.78, 5) is 8.12. The molecule has 1 aromatic heterocycles. The summed E-state index contributed by atoms with van der Waals surface area (Å²) in [6.45, 7) is 1.74. The van der Waals surface area contributed by atoms with Gasteiger partial charge in [0.1, 0.15) is 5.82 Å². The Morgan fingerprint density at radius 1 is 1.29 bits per heavy atom. The molecule has 0 saturated heterocycles. The van der Waals surface area contributed by atoms with Crippen molar-refractivity contribution in [2.24, 2.45) is 0 Å². The van der Waals surface area contributed by atoms with E-state index in [1.54, 1.807) is 19.2 Å². The lowest BCUT2D eigenvalue weighted by Crippen LogP contribution is -2.08. The fourth-order valence-electron chi connectivity index (χ4n) is 1.65. The van der Waals surface area contributed by atoms with E-state index in [2.05, 4.69) is 15.3 Å². The molecule has 1 aromatic carbocycles. The minimum atomic E-state index is -4.41. The monoisotopic (exact) mass is 314 g/mol. The topological polar surface area (TPSA) is 63.8 Å². The Bertz CT molecular complexity index is 658. The Hall–Kier alpha value is -1.96. The molecule has 0 fully saturated rings. The smallest absolute Gasteiger partial charge is 0.383 e. The molecule has 2 aromatic rings. The van der Waals surface area contributed by atoms with Crippen molar-refractivity contribution >= 4 is 29.2 Å². The first-order valence-corrected chi connectivity index (χ1v) is 7.15. The maximum Gasteiger partial charge on any atom is 0.417 e. The fraction of sp³-hybridized carbons (Fsp3) is 0.231. The maximum absolute atomic E-state index is 13.0. The molecule has 0 amide bonds. The number of benzene rings is 1. The van der Waals surface area contributed by atoms with Gasteiger partial charge in [-0.1, -0.05) is 0 Å². The van der Waals surface area contributed by atoms with Crippen LogP contribution in [-0.4, -0.2) is 16.2 Å². The lowest BCUT2D eigenvalue weighted by molar-refractivity contribution is -0.139. The Kier molecular flexibility index (Phi) is 4.26. The van der Waals surface area contributed by atoms with E-state index in [1.165, 1.54) is 12.3 Å². The average Bonchev–Trinajstić information content (AvgIpc) is 2.42. The van der Waals surface area contributed by atoms with Crippen LogP contribution in [0.15, 0.2) is 29.3 Å². The van der Waals surface area contributed by atoms with Crippen LogP contribution in [0.5, 0.6) is 0 Å². The van der Waals surface area contributed by atoms with Gasteiger partial charge in [0.2, 0.25) is 5.95 Å². The number of thioether (sulfide) groups is 1. The van der Waals surface area contributed by atoms with Gasteiger partial charge in [-0.05, 0) is 31.4 Å². The van der Waals surface area contributed by atoms with E-state index in [-0.39, 0.29) is 22.3 Å². The van der Waals surface area contributed by atoms with Crippen LogP contribution >= 0.6 is 11.8 Å². The van der Waals surface area contributed by atoms with Crippen molar-refractivity contribution in [1.29, 1.82) is 0 Å². The third-order valence-electron chi connectivity index (χ3n) is 2.77. The number of nitrogens with zero attached hydrogens (tertiary/aromatic N) is 2. The first-order chi connectivity index (χ1) is 9.81. The maximum atomic E-state index is 13.0. The molecule has 0 aliphatic heterocycles. The Labute approximate surface area is 124 Å². The van der Waals surface area contributed by atoms with E-state index >= 15 is 0 Å². The third kappa shape index (κ3) is 3.57. The van der Waals surface area contributed by atoms with Gasteiger partial charge in [0.15, 0.2) is 0 Å². The van der Waals surface area contributed by atoms with E-state index in [0.717, 1.165) is 17.8 Å². The van der Waals surface area contributed by atoms with Crippen LogP contribution in [0.4, 0.5) is 30.6 Å². The highest BCUT2D eigenvalue weighted by Gasteiger charge is 2.33. The normalized spacial score (nSPS) is 11.5. The molecule has 0 atom stereocenters. The van der Waals surface area contributed by atoms with Crippen LogP contribution in [0.1, 0.15) is 11.1 Å². The van der Waals surface area contributed by atoms with Crippen molar-refractivity contribution in [3.63, 3.8) is 0 Å². The summed E-state index contributed by atoms with van der Waals surface area (Å²) in [6, 6.07) is 3.99. The summed E-state index contributed by atoms with van der Waals surface area (Å²) in [5, 5.41) is 2.72. The number of hydrogen-bond donors (Lipinski definition) is 2. The van der Waals surface area contributed by atoms with Crippen LogP contribution in [-0.2, 0) is 6.18 Å². The molecular formula is C13H13F3N4S. The van der Waals surface area contributed by atoms with Gasteiger partial charge in [-0.3, -0.25) is 0 Å². The molecule has 0 bridgehead atoms. The molecule has 112 valence electrons. The molecule has 2 rings (SSSR count).